The predicted octanol–water partition coefficient (Wildman–Crippen LogP) is 1.70. The summed E-state index contributed by atoms with van der Waals surface area (Å²) in [7, 11) is 0. The van der Waals surface area contributed by atoms with Crippen molar-refractivity contribution in [2.45, 2.75) is 20.4 Å². The summed E-state index contributed by atoms with van der Waals surface area (Å²) in [5, 5.41) is 3.07. The van der Waals surface area contributed by atoms with Crippen LogP contribution in [0, 0.1) is 5.92 Å². The Morgan fingerprint density at radius 1 is 1.43 bits per heavy atom. The molecule has 0 aliphatic carbocycles. The maximum atomic E-state index is 11.5. The first-order chi connectivity index (χ1) is 10.1. The fourth-order valence-corrected chi connectivity index (χ4v) is 1.95. The fraction of sp³-hybridized carbons (Fsp3) is 0.467. The average molecular weight is 290 g/mol. The van der Waals surface area contributed by atoms with Gasteiger partial charge in [0.1, 0.15) is 6.61 Å². The summed E-state index contributed by atoms with van der Waals surface area (Å²) < 4.78 is 4.92. The van der Waals surface area contributed by atoms with E-state index in [4.69, 9.17) is 10.5 Å². The Hall–Kier alpha value is -2.24. The van der Waals surface area contributed by atoms with E-state index in [1.807, 2.05) is 24.3 Å². The van der Waals surface area contributed by atoms with E-state index in [2.05, 4.69) is 24.2 Å². The van der Waals surface area contributed by atoms with E-state index >= 15 is 0 Å². The third-order valence-electron chi connectivity index (χ3n) is 3.13. The monoisotopic (exact) mass is 290 g/mol. The van der Waals surface area contributed by atoms with Crippen LogP contribution >= 0.6 is 0 Å². The van der Waals surface area contributed by atoms with Crippen LogP contribution in [0.25, 0.3) is 0 Å². The van der Waals surface area contributed by atoms with Crippen LogP contribution in [0.3, 0.4) is 0 Å². The molecule has 3 N–H and O–H groups in total. The molecule has 6 heteroatoms. The molecule has 1 aromatic carbocycles. The van der Waals surface area contributed by atoms with Gasteiger partial charge in [-0.1, -0.05) is 26.0 Å². The summed E-state index contributed by atoms with van der Waals surface area (Å²) in [6.07, 6.45) is -0.289. The van der Waals surface area contributed by atoms with Crippen LogP contribution in [0.1, 0.15) is 19.4 Å². The zero-order valence-corrected chi connectivity index (χ0v) is 12.5. The van der Waals surface area contributed by atoms with Crippen LogP contribution in [0.5, 0.6) is 0 Å². The fourth-order valence-electron chi connectivity index (χ4n) is 1.95. The molecular formula is C15H22N4O2. The number of carbonyl (C=O) groups excluding carboxylic acids is 1. The summed E-state index contributed by atoms with van der Waals surface area (Å²) in [4.78, 5) is 17.4. The minimum Gasteiger partial charge on any atom is -0.447 e. The normalized spacial score (nSPS) is 15.5. The second-order valence-electron chi connectivity index (χ2n) is 5.41. The van der Waals surface area contributed by atoms with Gasteiger partial charge in [0, 0.05) is 12.2 Å². The third-order valence-corrected chi connectivity index (χ3v) is 3.13. The number of ether oxygens (including phenoxy) is 1. The Bertz CT molecular complexity index is 511. The number of amides is 1. The molecule has 1 fully saturated rings. The lowest BCUT2D eigenvalue weighted by Crippen LogP contribution is -2.34. The number of nitrogens with one attached hydrogen (secondary N) is 1. The van der Waals surface area contributed by atoms with E-state index in [0.717, 1.165) is 17.8 Å². The maximum absolute atomic E-state index is 11.5. The van der Waals surface area contributed by atoms with Crippen LogP contribution in [-0.2, 0) is 11.3 Å². The smallest absolute Gasteiger partial charge is 0.414 e. The number of nitrogens with zero attached hydrogens (tertiary/aromatic N) is 2. The minimum atomic E-state index is -0.289. The van der Waals surface area contributed by atoms with E-state index in [1.54, 1.807) is 4.90 Å². The zero-order chi connectivity index (χ0) is 15.2. The van der Waals surface area contributed by atoms with Crippen molar-refractivity contribution in [3.63, 3.8) is 0 Å². The Morgan fingerprint density at radius 2 is 2.14 bits per heavy atom. The summed E-state index contributed by atoms with van der Waals surface area (Å²) in [5.41, 5.74) is 7.67. The average Bonchev–Trinajstić information content (AvgIpc) is 2.89. The van der Waals surface area contributed by atoms with Gasteiger partial charge in [0.2, 0.25) is 0 Å². The van der Waals surface area contributed by atoms with Gasteiger partial charge in [0.15, 0.2) is 5.96 Å². The topological polar surface area (TPSA) is 79.9 Å². The number of rotatable bonds is 5. The highest BCUT2D eigenvalue weighted by Crippen LogP contribution is 2.19. The first kappa shape index (κ1) is 15.2. The van der Waals surface area contributed by atoms with Gasteiger partial charge < -0.3 is 15.8 Å². The molecule has 0 unspecified atom stereocenters. The minimum absolute atomic E-state index is 0.289. The van der Waals surface area contributed by atoms with Gasteiger partial charge in [-0.25, -0.2) is 9.79 Å². The number of guanidine groups is 1. The molecule has 0 aromatic heterocycles. The second-order valence-corrected chi connectivity index (χ2v) is 5.41. The molecular weight excluding hydrogens is 268 g/mol. The summed E-state index contributed by atoms with van der Waals surface area (Å²) in [5.74, 6) is 0.981. The Morgan fingerprint density at radius 3 is 2.71 bits per heavy atom. The quantitative estimate of drug-likeness (QED) is 0.639. The van der Waals surface area contributed by atoms with Crippen LogP contribution in [0.15, 0.2) is 29.3 Å². The van der Waals surface area contributed by atoms with E-state index in [1.165, 1.54) is 0 Å². The van der Waals surface area contributed by atoms with Crippen LogP contribution < -0.4 is 16.0 Å². The van der Waals surface area contributed by atoms with Gasteiger partial charge in [0.05, 0.1) is 13.1 Å². The lowest BCUT2D eigenvalue weighted by Gasteiger charge is -2.12. The van der Waals surface area contributed by atoms with Crippen molar-refractivity contribution in [1.82, 2.24) is 5.32 Å². The van der Waals surface area contributed by atoms with Crippen molar-refractivity contribution >= 4 is 17.7 Å². The van der Waals surface area contributed by atoms with Gasteiger partial charge in [0.25, 0.3) is 0 Å². The first-order valence-corrected chi connectivity index (χ1v) is 7.13. The lowest BCUT2D eigenvalue weighted by atomic mass is 10.2. The molecule has 0 spiro atoms. The highest BCUT2D eigenvalue weighted by molar-refractivity contribution is 5.89. The molecule has 1 amide bonds. The van der Waals surface area contributed by atoms with Crippen molar-refractivity contribution in [1.29, 1.82) is 0 Å². The molecule has 0 radical (unpaired) electrons. The molecule has 1 aromatic rings. The number of anilines is 1. The molecule has 1 saturated heterocycles. The molecule has 1 aliphatic rings. The standard InChI is InChI=1S/C15H22N4O2/c1-11(2)9-17-14(16)18-10-12-3-5-13(6-4-12)19-7-8-21-15(19)20/h3-6,11H,7-10H2,1-2H3,(H3,16,17,18). The molecule has 114 valence electrons. The lowest BCUT2D eigenvalue weighted by molar-refractivity contribution is 0.181. The number of nitrogens with two attached hydrogens (primary N) is 1. The van der Waals surface area contributed by atoms with Gasteiger partial charge in [-0.05, 0) is 23.6 Å². The predicted molar refractivity (Wildman–Crippen MR) is 83.3 cm³/mol. The van der Waals surface area contributed by atoms with Crippen molar-refractivity contribution in [2.75, 3.05) is 24.6 Å². The van der Waals surface area contributed by atoms with Gasteiger partial charge in [-0.15, -0.1) is 0 Å². The highest BCUT2D eigenvalue weighted by atomic mass is 16.6. The number of carbonyl (C=O) groups is 1. The summed E-state index contributed by atoms with van der Waals surface area (Å²) in [6, 6.07) is 7.69. The van der Waals surface area contributed by atoms with Crippen molar-refractivity contribution in [3.8, 4) is 0 Å². The Balaban J connectivity index is 1.90. The highest BCUT2D eigenvalue weighted by Gasteiger charge is 2.23. The van der Waals surface area contributed by atoms with E-state index in [-0.39, 0.29) is 6.09 Å². The summed E-state index contributed by atoms with van der Waals surface area (Å²) >= 11 is 0. The van der Waals surface area contributed by atoms with E-state index in [9.17, 15) is 4.79 Å². The van der Waals surface area contributed by atoms with Crippen molar-refractivity contribution in [2.24, 2.45) is 16.6 Å². The molecule has 0 saturated carbocycles. The largest absolute Gasteiger partial charge is 0.447 e. The molecule has 1 aliphatic heterocycles. The third kappa shape index (κ3) is 4.37. The molecule has 6 nitrogen and oxygen atoms in total. The van der Waals surface area contributed by atoms with Gasteiger partial charge in [-0.2, -0.15) is 0 Å². The first-order valence-electron chi connectivity index (χ1n) is 7.13. The second kappa shape index (κ2) is 6.97. The summed E-state index contributed by atoms with van der Waals surface area (Å²) in [6.45, 7) is 6.60. The zero-order valence-electron chi connectivity index (χ0n) is 12.5. The maximum Gasteiger partial charge on any atom is 0.414 e. The van der Waals surface area contributed by atoms with Gasteiger partial charge >= 0.3 is 6.09 Å². The van der Waals surface area contributed by atoms with Crippen LogP contribution in [-0.4, -0.2) is 31.7 Å². The number of hydrogen-bond acceptors (Lipinski definition) is 3. The van der Waals surface area contributed by atoms with Crippen LogP contribution in [0.4, 0.5) is 10.5 Å². The molecule has 21 heavy (non-hydrogen) atoms. The number of hydrogen-bond donors (Lipinski definition) is 2. The molecule has 2 rings (SSSR count). The van der Waals surface area contributed by atoms with Crippen molar-refractivity contribution in [3.05, 3.63) is 29.8 Å². The molecule has 0 bridgehead atoms. The van der Waals surface area contributed by atoms with E-state index in [0.29, 0.717) is 31.6 Å². The Kier molecular flexibility index (Phi) is 5.03. The number of cyclic esters (lactones) is 1. The SMILES string of the molecule is CC(C)CNC(N)=NCc1ccc(N2CCOC2=O)cc1. The van der Waals surface area contributed by atoms with Crippen molar-refractivity contribution < 1.29 is 9.53 Å². The Labute approximate surface area is 125 Å². The number of benzene rings is 1. The van der Waals surface area contributed by atoms with Gasteiger partial charge in [-0.3, -0.25) is 4.90 Å². The number of aliphatic imine (C=N–C) groups is 1. The van der Waals surface area contributed by atoms with Crippen LogP contribution in [0.2, 0.25) is 0 Å². The molecule has 1 heterocycles. The van der Waals surface area contributed by atoms with E-state index < -0.39 is 0 Å². The molecule has 0 atom stereocenters.